The largest absolute Gasteiger partial charge is 0.420 e. The van der Waals surface area contributed by atoms with Crippen LogP contribution in [-0.4, -0.2) is 22.4 Å². The van der Waals surface area contributed by atoms with E-state index in [0.717, 1.165) is 16.8 Å². The lowest BCUT2D eigenvalue weighted by Crippen LogP contribution is -2.36. The van der Waals surface area contributed by atoms with Crippen molar-refractivity contribution in [2.75, 3.05) is 5.01 Å². The van der Waals surface area contributed by atoms with E-state index in [1.165, 1.54) is 12.3 Å². The normalized spacial score (nSPS) is 14.4. The maximum Gasteiger partial charge on any atom is 0.420 e. The van der Waals surface area contributed by atoms with Crippen LogP contribution in [0.25, 0.3) is 0 Å². The molecule has 1 rings (SSSR count). The van der Waals surface area contributed by atoms with Crippen LogP contribution in [0.4, 0.5) is 19.0 Å². The lowest BCUT2D eigenvalue weighted by Gasteiger charge is -2.18. The molecule has 1 unspecified atom stereocenters. The van der Waals surface area contributed by atoms with Crippen molar-refractivity contribution in [1.29, 1.82) is 0 Å². The van der Waals surface area contributed by atoms with Crippen molar-refractivity contribution in [2.45, 2.75) is 19.2 Å². The maximum atomic E-state index is 12.2. The molecule has 8 heteroatoms. The topological polar surface area (TPSA) is 88.4 Å². The Hall–Kier alpha value is -1.80. The van der Waals surface area contributed by atoms with Crippen molar-refractivity contribution < 1.29 is 18.3 Å². The summed E-state index contributed by atoms with van der Waals surface area (Å²) in [5, 5.41) is 9.68. The third-order valence-electron chi connectivity index (χ3n) is 2.07. The Bertz CT molecular complexity index is 430. The Kier molecular flexibility index (Phi) is 4.15. The van der Waals surface area contributed by atoms with Crippen molar-refractivity contribution >= 4 is 5.82 Å². The zero-order chi connectivity index (χ0) is 13.9. The molecule has 1 heterocycles. The monoisotopic (exact) mass is 262 g/mol. The van der Waals surface area contributed by atoms with Crippen LogP contribution in [0, 0.1) is 6.92 Å². The minimum Gasteiger partial charge on any atom is -0.398 e. The smallest absolute Gasteiger partial charge is 0.398 e. The number of nitrogens with two attached hydrogens (primary N) is 2. The second-order valence-corrected chi connectivity index (χ2v) is 3.67. The van der Waals surface area contributed by atoms with Gasteiger partial charge in [-0.1, -0.05) is 6.07 Å². The summed E-state index contributed by atoms with van der Waals surface area (Å²) < 4.78 is 36.5. The third kappa shape index (κ3) is 3.60. The maximum absolute atomic E-state index is 12.2. The van der Waals surface area contributed by atoms with Gasteiger partial charge in [0.05, 0.1) is 5.70 Å². The number of aliphatic hydroxyl groups is 1. The number of aliphatic hydroxyl groups excluding tert-OH is 1. The van der Waals surface area contributed by atoms with Gasteiger partial charge in [-0.2, -0.15) is 13.2 Å². The highest BCUT2D eigenvalue weighted by Gasteiger charge is 2.40. The molecule has 18 heavy (non-hydrogen) atoms. The van der Waals surface area contributed by atoms with E-state index in [-0.39, 0.29) is 5.82 Å². The standard InChI is InChI=1S/C10H13F3N4O/c1-6-2-3-8(16-4-6)17(15)5-7(14)9(18)10(11,12)13/h2-5,9,18H,14-15H2,1H3/b7-5-. The van der Waals surface area contributed by atoms with E-state index in [0.29, 0.717) is 0 Å². The molecule has 1 atom stereocenters. The zero-order valence-electron chi connectivity index (χ0n) is 9.52. The molecule has 0 aromatic carbocycles. The van der Waals surface area contributed by atoms with Gasteiger partial charge in [0.1, 0.15) is 5.82 Å². The summed E-state index contributed by atoms with van der Waals surface area (Å²) in [5.41, 5.74) is 5.18. The molecule has 5 N–H and O–H groups in total. The molecule has 0 radical (unpaired) electrons. The SMILES string of the molecule is Cc1ccc(N(N)/C=C(\N)C(O)C(F)(F)F)nc1. The predicted octanol–water partition coefficient (Wildman–Crippen LogP) is 0.793. The molecule has 0 fully saturated rings. The summed E-state index contributed by atoms with van der Waals surface area (Å²) >= 11 is 0. The van der Waals surface area contributed by atoms with E-state index in [2.05, 4.69) is 4.98 Å². The summed E-state index contributed by atoms with van der Waals surface area (Å²) in [4.78, 5) is 3.89. The van der Waals surface area contributed by atoms with Gasteiger partial charge in [0, 0.05) is 12.4 Å². The van der Waals surface area contributed by atoms with E-state index in [4.69, 9.17) is 16.7 Å². The minimum absolute atomic E-state index is 0.206. The van der Waals surface area contributed by atoms with Crippen LogP contribution in [0.1, 0.15) is 5.56 Å². The molecule has 0 spiro atoms. The Morgan fingerprint density at radius 1 is 1.50 bits per heavy atom. The molecule has 0 saturated heterocycles. The van der Waals surface area contributed by atoms with Crippen molar-refractivity contribution in [3.8, 4) is 0 Å². The van der Waals surface area contributed by atoms with Gasteiger partial charge in [-0.05, 0) is 18.6 Å². The van der Waals surface area contributed by atoms with E-state index >= 15 is 0 Å². The first-order valence-electron chi connectivity index (χ1n) is 4.90. The first-order valence-corrected chi connectivity index (χ1v) is 4.90. The fourth-order valence-corrected chi connectivity index (χ4v) is 1.10. The molecule has 0 amide bonds. The second kappa shape index (κ2) is 5.23. The zero-order valence-corrected chi connectivity index (χ0v) is 9.52. The highest BCUT2D eigenvalue weighted by molar-refractivity contribution is 5.41. The molecule has 0 saturated carbocycles. The number of halogens is 3. The average molecular weight is 262 g/mol. The number of alkyl halides is 3. The number of aryl methyl sites for hydroxylation is 1. The molecule has 0 bridgehead atoms. The summed E-state index contributed by atoms with van der Waals surface area (Å²) in [6.45, 7) is 1.80. The summed E-state index contributed by atoms with van der Waals surface area (Å²) in [7, 11) is 0. The molecule has 5 nitrogen and oxygen atoms in total. The molecule has 100 valence electrons. The van der Waals surface area contributed by atoms with Gasteiger partial charge in [-0.15, -0.1) is 0 Å². The van der Waals surface area contributed by atoms with Crippen LogP contribution in [0.2, 0.25) is 0 Å². The van der Waals surface area contributed by atoms with Crippen LogP contribution in [-0.2, 0) is 0 Å². The molecule has 1 aromatic heterocycles. The van der Waals surface area contributed by atoms with Crippen molar-refractivity contribution in [3.63, 3.8) is 0 Å². The van der Waals surface area contributed by atoms with Crippen molar-refractivity contribution in [3.05, 3.63) is 35.8 Å². The van der Waals surface area contributed by atoms with Gasteiger partial charge in [0.15, 0.2) is 6.10 Å². The van der Waals surface area contributed by atoms with Gasteiger partial charge < -0.3 is 10.8 Å². The summed E-state index contributed by atoms with van der Waals surface area (Å²) in [5.74, 6) is 5.67. The Morgan fingerprint density at radius 3 is 2.56 bits per heavy atom. The van der Waals surface area contributed by atoms with Gasteiger partial charge in [0.25, 0.3) is 0 Å². The average Bonchev–Trinajstić information content (AvgIpc) is 2.27. The molecule has 0 aliphatic carbocycles. The van der Waals surface area contributed by atoms with Crippen LogP contribution < -0.4 is 16.6 Å². The first kappa shape index (κ1) is 14.3. The van der Waals surface area contributed by atoms with Crippen molar-refractivity contribution in [2.24, 2.45) is 11.6 Å². The number of nitrogens with zero attached hydrogens (tertiary/aromatic N) is 2. The Balaban J connectivity index is 2.85. The van der Waals surface area contributed by atoms with Crippen LogP contribution >= 0.6 is 0 Å². The van der Waals surface area contributed by atoms with E-state index in [1.54, 1.807) is 13.0 Å². The Morgan fingerprint density at radius 2 is 2.11 bits per heavy atom. The second-order valence-electron chi connectivity index (χ2n) is 3.67. The number of aromatic nitrogens is 1. The molecule has 1 aromatic rings. The van der Waals surface area contributed by atoms with Crippen LogP contribution in [0.3, 0.4) is 0 Å². The molecule has 0 aliphatic heterocycles. The Labute approximate surface area is 101 Å². The minimum atomic E-state index is -4.83. The van der Waals surface area contributed by atoms with E-state index in [9.17, 15) is 13.2 Å². The summed E-state index contributed by atoms with van der Waals surface area (Å²) in [6, 6.07) is 3.20. The number of rotatable bonds is 3. The lowest BCUT2D eigenvalue weighted by molar-refractivity contribution is -0.191. The van der Waals surface area contributed by atoms with Gasteiger partial charge in [-0.25, -0.2) is 10.8 Å². The highest BCUT2D eigenvalue weighted by Crippen LogP contribution is 2.23. The number of hydrazine groups is 1. The third-order valence-corrected chi connectivity index (χ3v) is 2.07. The highest BCUT2D eigenvalue weighted by atomic mass is 19.4. The number of anilines is 1. The number of hydrogen-bond acceptors (Lipinski definition) is 5. The van der Waals surface area contributed by atoms with Gasteiger partial charge >= 0.3 is 6.18 Å². The van der Waals surface area contributed by atoms with E-state index in [1.807, 2.05) is 0 Å². The summed E-state index contributed by atoms with van der Waals surface area (Å²) in [6.07, 6.45) is -5.31. The fraction of sp³-hybridized carbons (Fsp3) is 0.300. The van der Waals surface area contributed by atoms with Gasteiger partial charge in [0.2, 0.25) is 0 Å². The van der Waals surface area contributed by atoms with Crippen molar-refractivity contribution in [1.82, 2.24) is 4.98 Å². The lowest BCUT2D eigenvalue weighted by atomic mass is 10.2. The molecular formula is C10H13F3N4O. The van der Waals surface area contributed by atoms with Crippen LogP contribution in [0.15, 0.2) is 30.2 Å². The van der Waals surface area contributed by atoms with E-state index < -0.39 is 18.0 Å². The fourth-order valence-electron chi connectivity index (χ4n) is 1.10. The first-order chi connectivity index (χ1) is 8.21. The molecule has 0 aliphatic rings. The number of pyridine rings is 1. The predicted molar refractivity (Wildman–Crippen MR) is 60.0 cm³/mol. The molecular weight excluding hydrogens is 249 g/mol. The number of hydrogen-bond donors (Lipinski definition) is 3. The van der Waals surface area contributed by atoms with Gasteiger partial charge in [-0.3, -0.25) is 5.01 Å². The van der Waals surface area contributed by atoms with Crippen LogP contribution in [0.5, 0.6) is 0 Å². The quantitative estimate of drug-likeness (QED) is 0.553.